The number of carbonyl (C=O) groups excluding carboxylic acids is 1. The number of hydrogen-bond acceptors (Lipinski definition) is 4. The van der Waals surface area contributed by atoms with Gasteiger partial charge in [-0.2, -0.15) is 0 Å². The molecule has 6 nitrogen and oxygen atoms in total. The molecule has 2 N–H and O–H groups in total. The van der Waals surface area contributed by atoms with E-state index in [0.29, 0.717) is 12.1 Å². The highest BCUT2D eigenvalue weighted by atomic mass is 16.6. The van der Waals surface area contributed by atoms with E-state index in [2.05, 4.69) is 10.6 Å². The summed E-state index contributed by atoms with van der Waals surface area (Å²) in [6, 6.07) is 4.75. The van der Waals surface area contributed by atoms with Crippen molar-refractivity contribution in [2.24, 2.45) is 0 Å². The van der Waals surface area contributed by atoms with Gasteiger partial charge in [0, 0.05) is 12.1 Å². The molecule has 1 aromatic rings. The molecular formula is C13H19N3O3. The highest BCUT2D eigenvalue weighted by Crippen LogP contribution is 2.22. The average Bonchev–Trinajstić information content (AvgIpc) is 2.37. The lowest BCUT2D eigenvalue weighted by Crippen LogP contribution is -2.28. The van der Waals surface area contributed by atoms with E-state index in [9.17, 15) is 14.9 Å². The summed E-state index contributed by atoms with van der Waals surface area (Å²) < 4.78 is 0. The number of amides is 1. The summed E-state index contributed by atoms with van der Waals surface area (Å²) in [5.74, 6) is -0.396. The van der Waals surface area contributed by atoms with E-state index >= 15 is 0 Å². The zero-order chi connectivity index (χ0) is 14.3. The maximum Gasteiger partial charge on any atom is 0.285 e. The summed E-state index contributed by atoms with van der Waals surface area (Å²) in [5, 5.41) is 16.8. The van der Waals surface area contributed by atoms with Crippen LogP contribution in [0.25, 0.3) is 0 Å². The minimum Gasteiger partial charge on any atom is -0.352 e. The topological polar surface area (TPSA) is 84.3 Å². The molecule has 6 heteroatoms. The van der Waals surface area contributed by atoms with Crippen molar-refractivity contribution in [3.63, 3.8) is 0 Å². The summed E-state index contributed by atoms with van der Waals surface area (Å²) >= 11 is 0. The van der Waals surface area contributed by atoms with Gasteiger partial charge in [-0.3, -0.25) is 14.9 Å². The van der Waals surface area contributed by atoms with Crippen molar-refractivity contribution in [1.82, 2.24) is 10.6 Å². The number of nitro groups is 1. The van der Waals surface area contributed by atoms with E-state index in [1.807, 2.05) is 6.92 Å². The molecule has 0 aliphatic carbocycles. The van der Waals surface area contributed by atoms with Crippen molar-refractivity contribution in [2.45, 2.75) is 20.3 Å². The second kappa shape index (κ2) is 7.48. The van der Waals surface area contributed by atoms with E-state index < -0.39 is 10.8 Å². The van der Waals surface area contributed by atoms with Crippen LogP contribution in [0.5, 0.6) is 0 Å². The Morgan fingerprint density at radius 1 is 1.37 bits per heavy atom. The number of carbonyl (C=O) groups is 1. The normalized spacial score (nSPS) is 10.2. The van der Waals surface area contributed by atoms with Crippen molar-refractivity contribution < 1.29 is 9.72 Å². The number of para-hydroxylation sites is 1. The van der Waals surface area contributed by atoms with Gasteiger partial charge in [-0.1, -0.05) is 19.1 Å². The second-order valence-corrected chi connectivity index (χ2v) is 4.19. The highest BCUT2D eigenvalue weighted by molar-refractivity contribution is 5.98. The van der Waals surface area contributed by atoms with Crippen molar-refractivity contribution in [3.05, 3.63) is 39.4 Å². The molecule has 1 aromatic carbocycles. The monoisotopic (exact) mass is 265 g/mol. The standard InChI is InChI=1S/C13H19N3O3/c1-3-14-8-5-9-15-13(17)11-7-4-6-10(2)12(11)16(18)19/h4,6-7,14H,3,5,8-9H2,1-2H3,(H,15,17). The van der Waals surface area contributed by atoms with E-state index in [-0.39, 0.29) is 11.3 Å². The summed E-state index contributed by atoms with van der Waals surface area (Å²) in [6.07, 6.45) is 0.791. The van der Waals surface area contributed by atoms with Gasteiger partial charge in [-0.25, -0.2) is 0 Å². The molecular weight excluding hydrogens is 246 g/mol. The van der Waals surface area contributed by atoms with Gasteiger partial charge < -0.3 is 10.6 Å². The Morgan fingerprint density at radius 3 is 2.74 bits per heavy atom. The van der Waals surface area contributed by atoms with Crippen molar-refractivity contribution in [2.75, 3.05) is 19.6 Å². The van der Waals surface area contributed by atoms with Crippen LogP contribution in [0.3, 0.4) is 0 Å². The van der Waals surface area contributed by atoms with Gasteiger partial charge in [-0.15, -0.1) is 0 Å². The molecule has 19 heavy (non-hydrogen) atoms. The van der Waals surface area contributed by atoms with Gasteiger partial charge in [0.1, 0.15) is 5.56 Å². The first-order chi connectivity index (χ1) is 9.07. The fourth-order valence-corrected chi connectivity index (χ4v) is 1.77. The fraction of sp³-hybridized carbons (Fsp3) is 0.462. The third kappa shape index (κ3) is 4.33. The smallest absolute Gasteiger partial charge is 0.285 e. The van der Waals surface area contributed by atoms with Crippen LogP contribution in [0.4, 0.5) is 5.69 Å². The van der Waals surface area contributed by atoms with E-state index in [1.54, 1.807) is 19.1 Å². The molecule has 0 atom stereocenters. The molecule has 1 rings (SSSR count). The fourth-order valence-electron chi connectivity index (χ4n) is 1.77. The van der Waals surface area contributed by atoms with Crippen LogP contribution < -0.4 is 10.6 Å². The maximum atomic E-state index is 11.9. The quantitative estimate of drug-likeness (QED) is 0.446. The molecule has 104 valence electrons. The predicted octanol–water partition coefficient (Wildman–Crippen LogP) is 1.63. The molecule has 0 bridgehead atoms. The van der Waals surface area contributed by atoms with Gasteiger partial charge in [0.2, 0.25) is 0 Å². The van der Waals surface area contributed by atoms with Crippen LogP contribution in [0, 0.1) is 17.0 Å². The number of aryl methyl sites for hydroxylation is 1. The first kappa shape index (κ1) is 15.1. The molecule has 0 radical (unpaired) electrons. The number of benzene rings is 1. The third-order valence-electron chi connectivity index (χ3n) is 2.73. The Morgan fingerprint density at radius 2 is 2.11 bits per heavy atom. The molecule has 0 heterocycles. The lowest BCUT2D eigenvalue weighted by atomic mass is 10.1. The van der Waals surface area contributed by atoms with Crippen LogP contribution in [-0.2, 0) is 0 Å². The molecule has 0 unspecified atom stereocenters. The van der Waals surface area contributed by atoms with Gasteiger partial charge in [0.25, 0.3) is 11.6 Å². The molecule has 0 aliphatic heterocycles. The molecule has 0 aromatic heterocycles. The second-order valence-electron chi connectivity index (χ2n) is 4.19. The summed E-state index contributed by atoms with van der Waals surface area (Å²) in [5.41, 5.74) is 0.491. The highest BCUT2D eigenvalue weighted by Gasteiger charge is 2.21. The number of hydrogen-bond donors (Lipinski definition) is 2. The lowest BCUT2D eigenvalue weighted by Gasteiger charge is -2.07. The Bertz CT molecular complexity index is 460. The molecule has 0 fully saturated rings. The number of nitrogens with zero attached hydrogens (tertiary/aromatic N) is 1. The summed E-state index contributed by atoms with van der Waals surface area (Å²) in [6.45, 7) is 5.83. The van der Waals surface area contributed by atoms with Crippen LogP contribution in [0.2, 0.25) is 0 Å². The minimum atomic E-state index is -0.511. The van der Waals surface area contributed by atoms with Gasteiger partial charge in [0.15, 0.2) is 0 Å². The Hall–Kier alpha value is -1.95. The number of rotatable bonds is 7. The van der Waals surface area contributed by atoms with Crippen molar-refractivity contribution in [3.8, 4) is 0 Å². The predicted molar refractivity (Wildman–Crippen MR) is 73.3 cm³/mol. The Balaban J connectivity index is 2.67. The number of nitrogens with one attached hydrogen (secondary N) is 2. The van der Waals surface area contributed by atoms with E-state index in [1.165, 1.54) is 6.07 Å². The number of nitro benzene ring substituents is 1. The Labute approximate surface area is 112 Å². The maximum absolute atomic E-state index is 11.9. The largest absolute Gasteiger partial charge is 0.352 e. The molecule has 1 amide bonds. The summed E-state index contributed by atoms with van der Waals surface area (Å²) in [4.78, 5) is 22.4. The first-order valence-corrected chi connectivity index (χ1v) is 6.30. The van der Waals surface area contributed by atoms with Crippen molar-refractivity contribution in [1.29, 1.82) is 0 Å². The summed E-state index contributed by atoms with van der Waals surface area (Å²) in [7, 11) is 0. The Kier molecular flexibility index (Phi) is 5.95. The average molecular weight is 265 g/mol. The van der Waals surface area contributed by atoms with Crippen LogP contribution >= 0.6 is 0 Å². The molecule has 0 spiro atoms. The zero-order valence-corrected chi connectivity index (χ0v) is 11.2. The molecule has 0 saturated carbocycles. The van der Waals surface area contributed by atoms with E-state index in [4.69, 9.17) is 0 Å². The van der Waals surface area contributed by atoms with Crippen LogP contribution in [0.15, 0.2) is 18.2 Å². The van der Waals surface area contributed by atoms with Gasteiger partial charge in [-0.05, 0) is 32.5 Å². The van der Waals surface area contributed by atoms with Crippen molar-refractivity contribution >= 4 is 11.6 Å². The zero-order valence-electron chi connectivity index (χ0n) is 11.2. The first-order valence-electron chi connectivity index (χ1n) is 6.30. The third-order valence-corrected chi connectivity index (χ3v) is 2.73. The SMILES string of the molecule is CCNCCCNC(=O)c1cccc(C)c1[N+](=O)[O-]. The molecule has 0 aliphatic rings. The minimum absolute atomic E-state index is 0.119. The van der Waals surface area contributed by atoms with Gasteiger partial charge >= 0.3 is 0 Å². The lowest BCUT2D eigenvalue weighted by molar-refractivity contribution is -0.385. The molecule has 0 saturated heterocycles. The van der Waals surface area contributed by atoms with Crippen LogP contribution in [-0.4, -0.2) is 30.5 Å². The van der Waals surface area contributed by atoms with Crippen LogP contribution in [0.1, 0.15) is 29.3 Å². The van der Waals surface area contributed by atoms with E-state index in [0.717, 1.165) is 19.5 Å². The van der Waals surface area contributed by atoms with Gasteiger partial charge in [0.05, 0.1) is 4.92 Å².